The SMILES string of the molecule is CCc1ccc(C=NN=C(c2ccccc2)C2CCC(C)CC2)cc1. The fraction of sp³-hybridized carbons (Fsp3) is 0.391. The van der Waals surface area contributed by atoms with Crippen molar-refractivity contribution in [3.8, 4) is 0 Å². The van der Waals surface area contributed by atoms with Crippen molar-refractivity contribution in [1.29, 1.82) is 0 Å². The summed E-state index contributed by atoms with van der Waals surface area (Å²) in [4.78, 5) is 0. The maximum Gasteiger partial charge on any atom is 0.0733 e. The van der Waals surface area contributed by atoms with Crippen LogP contribution < -0.4 is 0 Å². The summed E-state index contributed by atoms with van der Waals surface area (Å²) in [6.45, 7) is 4.53. The second kappa shape index (κ2) is 8.75. The lowest BCUT2D eigenvalue weighted by Gasteiger charge is -2.27. The van der Waals surface area contributed by atoms with E-state index in [-0.39, 0.29) is 0 Å². The Bertz CT molecular complexity index is 706. The van der Waals surface area contributed by atoms with Crippen LogP contribution in [0.4, 0.5) is 0 Å². The van der Waals surface area contributed by atoms with Gasteiger partial charge in [-0.05, 0) is 41.9 Å². The molecule has 0 aromatic heterocycles. The Morgan fingerprint density at radius 2 is 1.64 bits per heavy atom. The van der Waals surface area contributed by atoms with E-state index in [0.717, 1.165) is 23.6 Å². The summed E-state index contributed by atoms with van der Waals surface area (Å²) in [6, 6.07) is 19.1. The van der Waals surface area contributed by atoms with E-state index in [1.165, 1.54) is 36.8 Å². The zero-order chi connectivity index (χ0) is 17.5. The monoisotopic (exact) mass is 332 g/mol. The van der Waals surface area contributed by atoms with E-state index in [1.807, 2.05) is 6.21 Å². The van der Waals surface area contributed by atoms with E-state index in [0.29, 0.717) is 5.92 Å². The van der Waals surface area contributed by atoms with Gasteiger partial charge in [-0.3, -0.25) is 0 Å². The first-order chi connectivity index (χ1) is 12.3. The molecule has 1 aliphatic carbocycles. The molecule has 0 atom stereocenters. The van der Waals surface area contributed by atoms with E-state index >= 15 is 0 Å². The van der Waals surface area contributed by atoms with Crippen LogP contribution in [0.3, 0.4) is 0 Å². The van der Waals surface area contributed by atoms with Crippen LogP contribution in [0.15, 0.2) is 64.8 Å². The number of rotatable bonds is 5. The standard InChI is InChI=1S/C23H28N2/c1-3-19-11-13-20(14-12-19)17-24-25-23(21-7-5-4-6-8-21)22-15-9-18(2)10-16-22/h4-8,11-14,17-18,22H,3,9-10,15-16H2,1-2H3. The highest BCUT2D eigenvalue weighted by Crippen LogP contribution is 2.31. The van der Waals surface area contributed by atoms with Gasteiger partial charge in [0, 0.05) is 5.92 Å². The zero-order valence-electron chi connectivity index (χ0n) is 15.4. The minimum absolute atomic E-state index is 0.526. The summed E-state index contributed by atoms with van der Waals surface area (Å²) >= 11 is 0. The minimum Gasteiger partial charge on any atom is -0.158 e. The topological polar surface area (TPSA) is 24.7 Å². The Kier molecular flexibility index (Phi) is 6.16. The van der Waals surface area contributed by atoms with E-state index in [1.54, 1.807) is 0 Å². The first-order valence-corrected chi connectivity index (χ1v) is 9.51. The Morgan fingerprint density at radius 3 is 2.28 bits per heavy atom. The highest BCUT2D eigenvalue weighted by atomic mass is 15.2. The van der Waals surface area contributed by atoms with E-state index in [2.05, 4.69) is 78.6 Å². The smallest absolute Gasteiger partial charge is 0.0733 e. The van der Waals surface area contributed by atoms with Crippen LogP contribution in [-0.4, -0.2) is 11.9 Å². The van der Waals surface area contributed by atoms with Gasteiger partial charge in [0.2, 0.25) is 0 Å². The van der Waals surface area contributed by atoms with Crippen molar-refractivity contribution in [2.24, 2.45) is 22.0 Å². The van der Waals surface area contributed by atoms with Crippen molar-refractivity contribution in [2.75, 3.05) is 0 Å². The van der Waals surface area contributed by atoms with Crippen molar-refractivity contribution >= 4 is 11.9 Å². The molecule has 0 N–H and O–H groups in total. The molecule has 0 aliphatic heterocycles. The molecule has 0 bridgehead atoms. The van der Waals surface area contributed by atoms with Crippen molar-refractivity contribution in [3.63, 3.8) is 0 Å². The summed E-state index contributed by atoms with van der Waals surface area (Å²) in [5.41, 5.74) is 4.81. The Balaban J connectivity index is 1.80. The highest BCUT2D eigenvalue weighted by molar-refractivity contribution is 6.02. The molecule has 0 heterocycles. The molecule has 2 heteroatoms. The predicted octanol–water partition coefficient (Wildman–Crippen LogP) is 5.90. The van der Waals surface area contributed by atoms with Crippen LogP contribution in [0.5, 0.6) is 0 Å². The summed E-state index contributed by atoms with van der Waals surface area (Å²) in [5.74, 6) is 1.37. The number of nitrogens with zero attached hydrogens (tertiary/aromatic N) is 2. The molecular formula is C23H28N2. The maximum absolute atomic E-state index is 4.67. The first kappa shape index (κ1) is 17.6. The van der Waals surface area contributed by atoms with Crippen molar-refractivity contribution in [1.82, 2.24) is 0 Å². The zero-order valence-corrected chi connectivity index (χ0v) is 15.4. The summed E-state index contributed by atoms with van der Waals surface area (Å²) < 4.78 is 0. The molecule has 3 rings (SSSR count). The van der Waals surface area contributed by atoms with Gasteiger partial charge in [-0.1, -0.05) is 81.3 Å². The lowest BCUT2D eigenvalue weighted by molar-refractivity contribution is 0.344. The molecule has 0 amide bonds. The molecule has 25 heavy (non-hydrogen) atoms. The molecule has 130 valence electrons. The quantitative estimate of drug-likeness (QED) is 0.481. The second-order valence-electron chi connectivity index (χ2n) is 7.15. The van der Waals surface area contributed by atoms with Crippen LogP contribution >= 0.6 is 0 Å². The Labute approximate surface area is 151 Å². The average Bonchev–Trinajstić information content (AvgIpc) is 2.67. The van der Waals surface area contributed by atoms with Gasteiger partial charge in [0.25, 0.3) is 0 Å². The summed E-state index contributed by atoms with van der Waals surface area (Å²) in [6.07, 6.45) is 7.95. The van der Waals surface area contributed by atoms with Crippen LogP contribution in [0.2, 0.25) is 0 Å². The molecule has 1 fully saturated rings. The third-order valence-corrected chi connectivity index (χ3v) is 5.23. The Hall–Kier alpha value is -2.22. The molecule has 2 nitrogen and oxygen atoms in total. The largest absolute Gasteiger partial charge is 0.158 e. The van der Waals surface area contributed by atoms with Gasteiger partial charge in [-0.15, -0.1) is 0 Å². The van der Waals surface area contributed by atoms with Crippen LogP contribution in [-0.2, 0) is 6.42 Å². The molecule has 0 saturated heterocycles. The lowest BCUT2D eigenvalue weighted by atomic mass is 9.79. The molecule has 0 spiro atoms. The molecule has 0 radical (unpaired) electrons. The van der Waals surface area contributed by atoms with Gasteiger partial charge in [-0.25, -0.2) is 0 Å². The van der Waals surface area contributed by atoms with E-state index in [9.17, 15) is 0 Å². The van der Waals surface area contributed by atoms with Crippen molar-refractivity contribution < 1.29 is 0 Å². The second-order valence-corrected chi connectivity index (χ2v) is 7.15. The predicted molar refractivity (Wildman–Crippen MR) is 108 cm³/mol. The lowest BCUT2D eigenvalue weighted by Crippen LogP contribution is -2.21. The normalized spacial score (nSPS) is 21.6. The third kappa shape index (κ3) is 4.88. The Morgan fingerprint density at radius 1 is 0.960 bits per heavy atom. The number of hydrogen-bond donors (Lipinski definition) is 0. The van der Waals surface area contributed by atoms with Gasteiger partial charge in [0.15, 0.2) is 0 Å². The summed E-state index contributed by atoms with van der Waals surface area (Å²) in [5, 5.41) is 9.10. The molecule has 2 aromatic rings. The molecule has 2 aromatic carbocycles. The van der Waals surface area contributed by atoms with E-state index < -0.39 is 0 Å². The van der Waals surface area contributed by atoms with Gasteiger partial charge < -0.3 is 0 Å². The van der Waals surface area contributed by atoms with Crippen LogP contribution in [0.1, 0.15) is 56.2 Å². The van der Waals surface area contributed by atoms with Crippen molar-refractivity contribution in [2.45, 2.75) is 46.0 Å². The minimum atomic E-state index is 0.526. The summed E-state index contributed by atoms with van der Waals surface area (Å²) in [7, 11) is 0. The molecule has 1 aliphatic rings. The van der Waals surface area contributed by atoms with Gasteiger partial charge in [-0.2, -0.15) is 10.2 Å². The molecule has 0 unspecified atom stereocenters. The van der Waals surface area contributed by atoms with Crippen LogP contribution in [0, 0.1) is 11.8 Å². The van der Waals surface area contributed by atoms with Crippen LogP contribution in [0.25, 0.3) is 0 Å². The fourth-order valence-corrected chi connectivity index (χ4v) is 3.51. The number of hydrogen-bond acceptors (Lipinski definition) is 2. The molecule has 1 saturated carbocycles. The van der Waals surface area contributed by atoms with Crippen molar-refractivity contribution in [3.05, 3.63) is 71.3 Å². The molecular weight excluding hydrogens is 304 g/mol. The first-order valence-electron chi connectivity index (χ1n) is 9.51. The fourth-order valence-electron chi connectivity index (χ4n) is 3.51. The average molecular weight is 332 g/mol. The number of benzene rings is 2. The van der Waals surface area contributed by atoms with Gasteiger partial charge in [0.1, 0.15) is 0 Å². The van der Waals surface area contributed by atoms with E-state index in [4.69, 9.17) is 0 Å². The third-order valence-electron chi connectivity index (χ3n) is 5.23. The maximum atomic E-state index is 4.67. The van der Waals surface area contributed by atoms with Gasteiger partial charge >= 0.3 is 0 Å². The highest BCUT2D eigenvalue weighted by Gasteiger charge is 2.23. The number of aryl methyl sites for hydroxylation is 1. The van der Waals surface area contributed by atoms with Gasteiger partial charge in [0.05, 0.1) is 11.9 Å².